The van der Waals surface area contributed by atoms with Crippen molar-refractivity contribution in [2.24, 2.45) is 5.92 Å². The number of benzene rings is 1. The molecule has 1 fully saturated rings. The Morgan fingerprint density at radius 1 is 1.18 bits per heavy atom. The van der Waals surface area contributed by atoms with Crippen LogP contribution in [-0.2, 0) is 21.2 Å². The molecule has 0 atom stereocenters. The summed E-state index contributed by atoms with van der Waals surface area (Å²) >= 11 is 1.69. The van der Waals surface area contributed by atoms with Gasteiger partial charge in [-0.05, 0) is 62.6 Å². The highest BCUT2D eigenvalue weighted by Crippen LogP contribution is 2.28. The summed E-state index contributed by atoms with van der Waals surface area (Å²) in [6.45, 7) is 7.07. The Hall–Kier alpha value is -1.70. The van der Waals surface area contributed by atoms with Crippen LogP contribution in [0.5, 0.6) is 0 Å². The van der Waals surface area contributed by atoms with Crippen molar-refractivity contribution >= 4 is 27.3 Å². The van der Waals surface area contributed by atoms with Crippen LogP contribution in [0.1, 0.15) is 34.4 Å². The van der Waals surface area contributed by atoms with Gasteiger partial charge in [-0.2, -0.15) is 4.31 Å². The van der Waals surface area contributed by atoms with Gasteiger partial charge in [-0.25, -0.2) is 8.42 Å². The monoisotopic (exact) mass is 420 g/mol. The average Bonchev–Trinajstić information content (AvgIpc) is 3.14. The van der Waals surface area contributed by atoms with Gasteiger partial charge in [0.25, 0.3) is 0 Å². The molecule has 1 saturated heterocycles. The number of sulfonamides is 1. The summed E-state index contributed by atoms with van der Waals surface area (Å²) < 4.78 is 27.8. The van der Waals surface area contributed by atoms with Crippen molar-refractivity contribution in [2.45, 2.75) is 44.9 Å². The van der Waals surface area contributed by atoms with E-state index in [1.807, 2.05) is 44.4 Å². The van der Waals surface area contributed by atoms with Crippen molar-refractivity contribution in [3.8, 4) is 0 Å². The van der Waals surface area contributed by atoms with Gasteiger partial charge in [-0.15, -0.1) is 11.3 Å². The fourth-order valence-electron chi connectivity index (χ4n) is 3.97. The highest BCUT2D eigenvalue weighted by atomic mass is 32.2. The second-order valence-electron chi connectivity index (χ2n) is 7.53. The van der Waals surface area contributed by atoms with E-state index in [0.29, 0.717) is 37.4 Å². The summed E-state index contributed by atoms with van der Waals surface area (Å²) in [6.07, 6.45) is 1.96. The van der Waals surface area contributed by atoms with Gasteiger partial charge in [-0.1, -0.05) is 23.8 Å². The van der Waals surface area contributed by atoms with Crippen LogP contribution in [0.4, 0.5) is 0 Å². The minimum Gasteiger partial charge on any atom is -0.355 e. The first-order valence-electron chi connectivity index (χ1n) is 9.67. The average molecular weight is 421 g/mol. The third kappa shape index (κ3) is 4.64. The molecule has 0 aliphatic carbocycles. The molecule has 5 nitrogen and oxygen atoms in total. The van der Waals surface area contributed by atoms with E-state index in [9.17, 15) is 13.2 Å². The number of rotatable bonds is 6. The molecular formula is C21H28N2O3S2. The van der Waals surface area contributed by atoms with Crippen LogP contribution < -0.4 is 5.32 Å². The molecule has 152 valence electrons. The Morgan fingerprint density at radius 2 is 1.82 bits per heavy atom. The lowest BCUT2D eigenvalue weighted by Gasteiger charge is -2.31. The maximum Gasteiger partial charge on any atom is 0.243 e. The van der Waals surface area contributed by atoms with Gasteiger partial charge in [0.2, 0.25) is 15.9 Å². The molecular weight excluding hydrogens is 392 g/mol. The predicted octanol–water partition coefficient (Wildman–Crippen LogP) is 3.43. The smallest absolute Gasteiger partial charge is 0.243 e. The summed E-state index contributed by atoms with van der Waals surface area (Å²) in [4.78, 5) is 14.1. The molecule has 1 aromatic carbocycles. The van der Waals surface area contributed by atoms with Gasteiger partial charge in [0.05, 0.1) is 4.90 Å². The molecule has 7 heteroatoms. The number of thiophene rings is 1. The fourth-order valence-corrected chi connectivity index (χ4v) is 6.56. The molecule has 0 spiro atoms. The number of piperidine rings is 1. The lowest BCUT2D eigenvalue weighted by Crippen LogP contribution is -2.43. The largest absolute Gasteiger partial charge is 0.355 e. The fraction of sp³-hybridized carbons (Fsp3) is 0.476. The normalized spacial score (nSPS) is 16.2. The Kier molecular flexibility index (Phi) is 6.58. The maximum atomic E-state index is 13.1. The standard InChI is InChI=1S/C21H28N2O3S2/c1-15-13-16(2)20(17(3)14-15)28(25,26)23-10-7-18(8-11-23)21(24)22-9-6-19-5-4-12-27-19/h4-5,12-14,18H,6-11H2,1-3H3,(H,22,24). The van der Waals surface area contributed by atoms with E-state index < -0.39 is 10.0 Å². The molecule has 2 heterocycles. The molecule has 1 aliphatic heterocycles. The summed E-state index contributed by atoms with van der Waals surface area (Å²) in [5.41, 5.74) is 2.63. The molecule has 3 rings (SSSR count). The van der Waals surface area contributed by atoms with E-state index in [1.165, 1.54) is 9.18 Å². The topological polar surface area (TPSA) is 66.5 Å². The molecule has 0 radical (unpaired) electrons. The molecule has 0 unspecified atom stereocenters. The second-order valence-corrected chi connectivity index (χ2v) is 10.4. The lowest BCUT2D eigenvalue weighted by atomic mass is 9.97. The molecule has 1 N–H and O–H groups in total. The van der Waals surface area contributed by atoms with Crippen molar-refractivity contribution in [1.82, 2.24) is 9.62 Å². The third-order valence-electron chi connectivity index (χ3n) is 5.28. The van der Waals surface area contributed by atoms with Gasteiger partial charge in [-0.3, -0.25) is 4.79 Å². The second kappa shape index (κ2) is 8.76. The van der Waals surface area contributed by atoms with Crippen LogP contribution in [0.2, 0.25) is 0 Å². The van der Waals surface area contributed by atoms with Crippen molar-refractivity contribution in [3.05, 3.63) is 51.2 Å². The number of hydrogen-bond donors (Lipinski definition) is 1. The van der Waals surface area contributed by atoms with Crippen LogP contribution in [0.15, 0.2) is 34.5 Å². The van der Waals surface area contributed by atoms with Crippen LogP contribution in [-0.4, -0.2) is 38.3 Å². The Labute approximate surface area is 171 Å². The molecule has 2 aromatic rings. The minimum absolute atomic E-state index is 0.0382. The zero-order valence-corrected chi connectivity index (χ0v) is 18.3. The van der Waals surface area contributed by atoms with Gasteiger partial charge >= 0.3 is 0 Å². The van der Waals surface area contributed by atoms with Crippen molar-refractivity contribution in [2.75, 3.05) is 19.6 Å². The van der Waals surface area contributed by atoms with Crippen LogP contribution in [0.25, 0.3) is 0 Å². The van der Waals surface area contributed by atoms with E-state index in [-0.39, 0.29) is 11.8 Å². The molecule has 1 amide bonds. The van der Waals surface area contributed by atoms with Crippen molar-refractivity contribution in [3.63, 3.8) is 0 Å². The van der Waals surface area contributed by atoms with E-state index in [1.54, 1.807) is 11.3 Å². The van der Waals surface area contributed by atoms with Gasteiger partial charge < -0.3 is 5.32 Å². The van der Waals surface area contributed by atoms with E-state index in [2.05, 4.69) is 11.4 Å². The lowest BCUT2D eigenvalue weighted by molar-refractivity contribution is -0.126. The number of amides is 1. The Morgan fingerprint density at radius 3 is 2.39 bits per heavy atom. The van der Waals surface area contributed by atoms with Gasteiger partial charge in [0, 0.05) is 30.4 Å². The summed E-state index contributed by atoms with van der Waals surface area (Å²) in [5.74, 6) is -0.0775. The first-order chi connectivity index (χ1) is 13.3. The highest BCUT2D eigenvalue weighted by molar-refractivity contribution is 7.89. The van der Waals surface area contributed by atoms with E-state index in [4.69, 9.17) is 0 Å². The number of carbonyl (C=O) groups excluding carboxylic acids is 1. The first-order valence-corrected chi connectivity index (χ1v) is 12.0. The molecule has 0 bridgehead atoms. The van der Waals surface area contributed by atoms with Crippen molar-refractivity contribution in [1.29, 1.82) is 0 Å². The van der Waals surface area contributed by atoms with Gasteiger partial charge in [0.15, 0.2) is 0 Å². The SMILES string of the molecule is Cc1cc(C)c(S(=O)(=O)N2CCC(C(=O)NCCc3cccs3)CC2)c(C)c1. The number of nitrogens with zero attached hydrogens (tertiary/aromatic N) is 1. The summed E-state index contributed by atoms with van der Waals surface area (Å²) in [6, 6.07) is 7.89. The van der Waals surface area contributed by atoms with E-state index in [0.717, 1.165) is 23.1 Å². The number of carbonyl (C=O) groups is 1. The zero-order chi connectivity index (χ0) is 20.3. The minimum atomic E-state index is -3.53. The quantitative estimate of drug-likeness (QED) is 0.779. The van der Waals surface area contributed by atoms with Crippen LogP contribution in [0, 0.1) is 26.7 Å². The maximum absolute atomic E-state index is 13.1. The first kappa shape index (κ1) is 21.0. The molecule has 28 heavy (non-hydrogen) atoms. The third-order valence-corrected chi connectivity index (χ3v) is 8.42. The molecule has 0 saturated carbocycles. The number of aryl methyl sites for hydroxylation is 3. The number of nitrogens with one attached hydrogen (secondary N) is 1. The highest BCUT2D eigenvalue weighted by Gasteiger charge is 2.33. The Bertz CT molecular complexity index is 906. The number of hydrogen-bond acceptors (Lipinski definition) is 4. The van der Waals surface area contributed by atoms with Crippen LogP contribution in [0.3, 0.4) is 0 Å². The molecule has 1 aliphatic rings. The summed E-state index contributed by atoms with van der Waals surface area (Å²) in [7, 11) is -3.53. The zero-order valence-electron chi connectivity index (χ0n) is 16.7. The van der Waals surface area contributed by atoms with Gasteiger partial charge in [0.1, 0.15) is 0 Å². The van der Waals surface area contributed by atoms with E-state index >= 15 is 0 Å². The molecule has 1 aromatic heterocycles. The summed E-state index contributed by atoms with van der Waals surface area (Å²) in [5, 5.41) is 5.03. The van der Waals surface area contributed by atoms with Crippen molar-refractivity contribution < 1.29 is 13.2 Å². The van der Waals surface area contributed by atoms with Crippen LogP contribution >= 0.6 is 11.3 Å². The predicted molar refractivity (Wildman–Crippen MR) is 113 cm³/mol. The Balaban J connectivity index is 1.58.